The lowest BCUT2D eigenvalue weighted by Gasteiger charge is -2.09. The van der Waals surface area contributed by atoms with Gasteiger partial charge in [0.2, 0.25) is 0 Å². The van der Waals surface area contributed by atoms with Gasteiger partial charge in [-0.05, 0) is 49.9 Å². The van der Waals surface area contributed by atoms with Crippen molar-refractivity contribution in [2.24, 2.45) is 11.7 Å². The molecule has 0 aromatic heterocycles. The van der Waals surface area contributed by atoms with Crippen LogP contribution in [0, 0.1) is 5.92 Å². The highest BCUT2D eigenvalue weighted by atomic mass is 16.5. The van der Waals surface area contributed by atoms with Crippen molar-refractivity contribution >= 4 is 5.78 Å². The number of rotatable bonds is 5. The third-order valence-electron chi connectivity index (χ3n) is 3.46. The Hall–Kier alpha value is -1.35. The summed E-state index contributed by atoms with van der Waals surface area (Å²) >= 11 is 0. The Bertz CT molecular complexity index is 399. The van der Waals surface area contributed by atoms with E-state index in [-0.39, 0.29) is 17.7 Å². The van der Waals surface area contributed by atoms with E-state index in [0.717, 1.165) is 37.0 Å². The van der Waals surface area contributed by atoms with Gasteiger partial charge >= 0.3 is 0 Å². The maximum atomic E-state index is 12.2. The quantitative estimate of drug-likeness (QED) is 0.814. The van der Waals surface area contributed by atoms with Gasteiger partial charge in [-0.2, -0.15) is 0 Å². The average molecular weight is 247 g/mol. The molecule has 3 nitrogen and oxygen atoms in total. The van der Waals surface area contributed by atoms with Gasteiger partial charge in [0.25, 0.3) is 0 Å². The molecule has 18 heavy (non-hydrogen) atoms. The van der Waals surface area contributed by atoms with E-state index in [9.17, 15) is 4.79 Å². The van der Waals surface area contributed by atoms with E-state index in [4.69, 9.17) is 10.5 Å². The monoisotopic (exact) mass is 247 g/mol. The zero-order valence-electron chi connectivity index (χ0n) is 10.9. The van der Waals surface area contributed by atoms with Crippen molar-refractivity contribution in [3.05, 3.63) is 29.8 Å². The largest absolute Gasteiger partial charge is 0.494 e. The van der Waals surface area contributed by atoms with Gasteiger partial charge in [-0.25, -0.2) is 0 Å². The van der Waals surface area contributed by atoms with Crippen LogP contribution in [0.25, 0.3) is 0 Å². The first-order valence-electron chi connectivity index (χ1n) is 6.73. The number of ketones is 1. The molecule has 1 aliphatic carbocycles. The molecule has 1 aromatic carbocycles. The third-order valence-corrected chi connectivity index (χ3v) is 3.46. The summed E-state index contributed by atoms with van der Waals surface area (Å²) in [6.07, 6.45) is 3.70. The molecule has 1 fully saturated rings. The SMILES string of the molecule is CCCOc1ccc(C(=O)C2CCC(N)C2)cc1. The van der Waals surface area contributed by atoms with Crippen LogP contribution in [0.2, 0.25) is 0 Å². The Balaban J connectivity index is 1.98. The molecule has 98 valence electrons. The molecule has 2 unspecified atom stereocenters. The van der Waals surface area contributed by atoms with Crippen molar-refractivity contribution in [2.75, 3.05) is 6.61 Å². The summed E-state index contributed by atoms with van der Waals surface area (Å²) in [4.78, 5) is 12.2. The normalized spacial score (nSPS) is 23.0. The van der Waals surface area contributed by atoms with Crippen molar-refractivity contribution in [2.45, 2.75) is 38.6 Å². The molecule has 1 saturated carbocycles. The molecular weight excluding hydrogens is 226 g/mol. The van der Waals surface area contributed by atoms with Crippen LogP contribution in [0.5, 0.6) is 5.75 Å². The number of hydrogen-bond donors (Lipinski definition) is 1. The number of nitrogens with two attached hydrogens (primary N) is 1. The van der Waals surface area contributed by atoms with E-state index >= 15 is 0 Å². The molecule has 2 rings (SSSR count). The van der Waals surface area contributed by atoms with Crippen molar-refractivity contribution in [3.63, 3.8) is 0 Å². The van der Waals surface area contributed by atoms with Crippen LogP contribution in [-0.4, -0.2) is 18.4 Å². The highest BCUT2D eigenvalue weighted by molar-refractivity contribution is 5.98. The highest BCUT2D eigenvalue weighted by Gasteiger charge is 2.28. The van der Waals surface area contributed by atoms with Crippen molar-refractivity contribution < 1.29 is 9.53 Å². The fourth-order valence-corrected chi connectivity index (χ4v) is 2.43. The van der Waals surface area contributed by atoms with Gasteiger partial charge in [0, 0.05) is 17.5 Å². The second-order valence-corrected chi connectivity index (χ2v) is 5.01. The Labute approximate surface area is 108 Å². The van der Waals surface area contributed by atoms with E-state index < -0.39 is 0 Å². The average Bonchev–Trinajstić information content (AvgIpc) is 2.83. The van der Waals surface area contributed by atoms with Crippen molar-refractivity contribution in [1.82, 2.24) is 0 Å². The first kappa shape index (κ1) is 13.1. The fraction of sp³-hybridized carbons (Fsp3) is 0.533. The van der Waals surface area contributed by atoms with Crippen molar-refractivity contribution in [1.29, 1.82) is 0 Å². The first-order valence-corrected chi connectivity index (χ1v) is 6.73. The van der Waals surface area contributed by atoms with E-state index in [1.807, 2.05) is 24.3 Å². The standard InChI is InChI=1S/C15H21NO2/c1-2-9-18-14-7-4-11(5-8-14)15(17)12-3-6-13(16)10-12/h4-5,7-8,12-13H,2-3,6,9-10,16H2,1H3. The number of Topliss-reactive ketones (excluding diaryl/α,β-unsaturated/α-hetero) is 1. The van der Waals surface area contributed by atoms with Gasteiger partial charge in [-0.1, -0.05) is 6.92 Å². The summed E-state index contributed by atoms with van der Waals surface area (Å²) in [5, 5.41) is 0. The minimum absolute atomic E-state index is 0.113. The smallest absolute Gasteiger partial charge is 0.166 e. The molecule has 2 atom stereocenters. The summed E-state index contributed by atoms with van der Waals surface area (Å²) in [5.41, 5.74) is 6.62. The predicted molar refractivity (Wildman–Crippen MR) is 71.9 cm³/mol. The number of carbonyl (C=O) groups excluding carboxylic acids is 1. The zero-order valence-corrected chi connectivity index (χ0v) is 10.9. The van der Waals surface area contributed by atoms with Crippen LogP contribution in [0.15, 0.2) is 24.3 Å². The molecule has 1 aromatic rings. The lowest BCUT2D eigenvalue weighted by atomic mass is 9.96. The van der Waals surface area contributed by atoms with Gasteiger partial charge in [-0.3, -0.25) is 4.79 Å². The molecule has 3 heteroatoms. The van der Waals surface area contributed by atoms with E-state index in [0.29, 0.717) is 6.61 Å². The van der Waals surface area contributed by atoms with Gasteiger partial charge in [0.1, 0.15) is 5.75 Å². The molecule has 0 radical (unpaired) electrons. The second-order valence-electron chi connectivity index (χ2n) is 5.01. The van der Waals surface area contributed by atoms with Gasteiger partial charge in [0.05, 0.1) is 6.61 Å². The predicted octanol–water partition coefficient (Wildman–Crippen LogP) is 2.79. The topological polar surface area (TPSA) is 52.3 Å². The van der Waals surface area contributed by atoms with E-state index in [2.05, 4.69) is 6.92 Å². The molecule has 0 aliphatic heterocycles. The van der Waals surface area contributed by atoms with Gasteiger partial charge in [-0.15, -0.1) is 0 Å². The number of hydrogen-bond acceptors (Lipinski definition) is 3. The molecule has 2 N–H and O–H groups in total. The van der Waals surface area contributed by atoms with Crippen LogP contribution >= 0.6 is 0 Å². The summed E-state index contributed by atoms with van der Waals surface area (Å²) in [5.74, 6) is 1.17. The Morgan fingerprint density at radius 3 is 2.61 bits per heavy atom. The maximum absolute atomic E-state index is 12.2. The molecular formula is C15H21NO2. The maximum Gasteiger partial charge on any atom is 0.166 e. The molecule has 0 saturated heterocycles. The number of ether oxygens (including phenoxy) is 1. The summed E-state index contributed by atoms with van der Waals surface area (Å²) in [7, 11) is 0. The molecule has 1 aliphatic rings. The lowest BCUT2D eigenvalue weighted by Crippen LogP contribution is -2.18. The van der Waals surface area contributed by atoms with Crippen LogP contribution in [0.4, 0.5) is 0 Å². The van der Waals surface area contributed by atoms with Crippen LogP contribution in [-0.2, 0) is 0 Å². The Morgan fingerprint density at radius 2 is 2.06 bits per heavy atom. The van der Waals surface area contributed by atoms with E-state index in [1.165, 1.54) is 0 Å². The molecule has 0 bridgehead atoms. The Morgan fingerprint density at radius 1 is 1.33 bits per heavy atom. The zero-order chi connectivity index (χ0) is 13.0. The second kappa shape index (κ2) is 6.01. The minimum atomic E-state index is 0.113. The molecule has 0 heterocycles. The first-order chi connectivity index (χ1) is 8.70. The van der Waals surface area contributed by atoms with E-state index in [1.54, 1.807) is 0 Å². The fourth-order valence-electron chi connectivity index (χ4n) is 2.43. The molecule has 0 spiro atoms. The Kier molecular flexibility index (Phi) is 4.37. The van der Waals surface area contributed by atoms with Crippen molar-refractivity contribution in [3.8, 4) is 5.75 Å². The minimum Gasteiger partial charge on any atom is -0.494 e. The number of carbonyl (C=O) groups is 1. The van der Waals surface area contributed by atoms with Crippen LogP contribution in [0.1, 0.15) is 43.0 Å². The molecule has 0 amide bonds. The van der Waals surface area contributed by atoms with Gasteiger partial charge < -0.3 is 10.5 Å². The lowest BCUT2D eigenvalue weighted by molar-refractivity contribution is 0.0922. The highest BCUT2D eigenvalue weighted by Crippen LogP contribution is 2.28. The summed E-state index contributed by atoms with van der Waals surface area (Å²) in [6.45, 7) is 2.78. The van der Waals surface area contributed by atoms with Crippen LogP contribution in [0.3, 0.4) is 0 Å². The number of benzene rings is 1. The third kappa shape index (κ3) is 3.10. The van der Waals surface area contributed by atoms with Crippen LogP contribution < -0.4 is 10.5 Å². The summed E-state index contributed by atoms with van der Waals surface area (Å²) < 4.78 is 5.50. The van der Waals surface area contributed by atoms with Gasteiger partial charge in [0.15, 0.2) is 5.78 Å². The summed E-state index contributed by atoms with van der Waals surface area (Å²) in [6, 6.07) is 7.66.